The van der Waals surface area contributed by atoms with E-state index >= 15 is 0 Å². The zero-order valence-electron chi connectivity index (χ0n) is 5.78. The third-order valence-corrected chi connectivity index (χ3v) is 3.08. The maximum absolute atomic E-state index is 5.61. The Morgan fingerprint density at radius 1 is 1.18 bits per heavy atom. The SMILES string of the molecule is Nc1ccc(-c2ccsc2)s1. The van der Waals surface area contributed by atoms with Crippen molar-refractivity contribution in [3.05, 3.63) is 29.0 Å². The van der Waals surface area contributed by atoms with Crippen molar-refractivity contribution < 1.29 is 0 Å². The van der Waals surface area contributed by atoms with E-state index in [0.717, 1.165) is 5.00 Å². The highest BCUT2D eigenvalue weighted by molar-refractivity contribution is 7.19. The molecule has 0 amide bonds. The number of nitrogen functional groups attached to an aromatic ring is 1. The maximum atomic E-state index is 5.61. The first-order chi connectivity index (χ1) is 5.36. The van der Waals surface area contributed by atoms with Crippen molar-refractivity contribution in [3.63, 3.8) is 0 Å². The van der Waals surface area contributed by atoms with Gasteiger partial charge < -0.3 is 5.73 Å². The number of hydrogen-bond acceptors (Lipinski definition) is 3. The van der Waals surface area contributed by atoms with Gasteiger partial charge in [0, 0.05) is 10.4 Å². The molecular weight excluding hydrogens is 174 g/mol. The van der Waals surface area contributed by atoms with Crippen molar-refractivity contribution in [1.29, 1.82) is 0 Å². The van der Waals surface area contributed by atoms with Crippen molar-refractivity contribution >= 4 is 27.7 Å². The Balaban J connectivity index is 2.45. The van der Waals surface area contributed by atoms with Gasteiger partial charge in [-0.25, -0.2) is 0 Å². The molecule has 0 aliphatic heterocycles. The van der Waals surface area contributed by atoms with E-state index in [1.165, 1.54) is 10.4 Å². The first kappa shape index (κ1) is 6.88. The van der Waals surface area contributed by atoms with Crippen LogP contribution >= 0.6 is 22.7 Å². The molecule has 0 atom stereocenters. The number of anilines is 1. The first-order valence-corrected chi connectivity index (χ1v) is 5.00. The molecule has 0 unspecified atom stereocenters. The summed E-state index contributed by atoms with van der Waals surface area (Å²) in [4.78, 5) is 1.25. The van der Waals surface area contributed by atoms with Gasteiger partial charge in [0.05, 0.1) is 5.00 Å². The fourth-order valence-corrected chi connectivity index (χ4v) is 2.41. The predicted octanol–water partition coefficient (Wildman–Crippen LogP) is 3.06. The van der Waals surface area contributed by atoms with E-state index in [-0.39, 0.29) is 0 Å². The molecule has 3 heteroatoms. The van der Waals surface area contributed by atoms with Crippen LogP contribution in [0.5, 0.6) is 0 Å². The van der Waals surface area contributed by atoms with Crippen molar-refractivity contribution in [3.8, 4) is 10.4 Å². The highest BCUT2D eigenvalue weighted by atomic mass is 32.1. The first-order valence-electron chi connectivity index (χ1n) is 3.24. The van der Waals surface area contributed by atoms with E-state index in [0.29, 0.717) is 0 Å². The van der Waals surface area contributed by atoms with Crippen LogP contribution in [0.1, 0.15) is 0 Å². The maximum Gasteiger partial charge on any atom is 0.0862 e. The van der Waals surface area contributed by atoms with E-state index in [1.807, 2.05) is 6.07 Å². The lowest BCUT2D eigenvalue weighted by Gasteiger charge is -1.86. The van der Waals surface area contributed by atoms with Gasteiger partial charge in [-0.3, -0.25) is 0 Å². The Morgan fingerprint density at radius 2 is 2.09 bits per heavy atom. The lowest BCUT2D eigenvalue weighted by atomic mass is 10.3. The molecule has 1 nitrogen and oxygen atoms in total. The van der Waals surface area contributed by atoms with E-state index in [1.54, 1.807) is 22.7 Å². The second-order valence-electron chi connectivity index (χ2n) is 2.21. The molecule has 0 saturated heterocycles. The van der Waals surface area contributed by atoms with Crippen LogP contribution in [0.3, 0.4) is 0 Å². The summed E-state index contributed by atoms with van der Waals surface area (Å²) in [6.07, 6.45) is 0. The Labute approximate surface area is 73.1 Å². The van der Waals surface area contributed by atoms with Crippen molar-refractivity contribution in [2.24, 2.45) is 0 Å². The second kappa shape index (κ2) is 2.68. The number of nitrogens with two attached hydrogens (primary N) is 1. The molecule has 56 valence electrons. The minimum Gasteiger partial charge on any atom is -0.391 e. The normalized spacial score (nSPS) is 10.2. The van der Waals surface area contributed by atoms with Crippen LogP contribution in [0.2, 0.25) is 0 Å². The monoisotopic (exact) mass is 181 g/mol. The summed E-state index contributed by atoms with van der Waals surface area (Å²) in [6, 6.07) is 6.11. The quantitative estimate of drug-likeness (QED) is 0.719. The lowest BCUT2D eigenvalue weighted by Crippen LogP contribution is -1.72. The molecule has 11 heavy (non-hydrogen) atoms. The van der Waals surface area contributed by atoms with Gasteiger partial charge in [-0.05, 0) is 29.0 Å². The Morgan fingerprint density at radius 3 is 2.64 bits per heavy atom. The highest BCUT2D eigenvalue weighted by Gasteiger charge is 1.99. The van der Waals surface area contributed by atoms with Gasteiger partial charge >= 0.3 is 0 Å². The molecule has 0 spiro atoms. The summed E-state index contributed by atoms with van der Waals surface area (Å²) in [6.45, 7) is 0. The summed E-state index contributed by atoms with van der Waals surface area (Å²) in [5.41, 5.74) is 6.88. The summed E-state index contributed by atoms with van der Waals surface area (Å²) < 4.78 is 0. The van der Waals surface area contributed by atoms with Gasteiger partial charge in [-0.2, -0.15) is 11.3 Å². The highest BCUT2D eigenvalue weighted by Crippen LogP contribution is 2.30. The summed E-state index contributed by atoms with van der Waals surface area (Å²) in [5.74, 6) is 0. The number of thiophene rings is 2. The summed E-state index contributed by atoms with van der Waals surface area (Å²) >= 11 is 3.34. The summed E-state index contributed by atoms with van der Waals surface area (Å²) in [7, 11) is 0. The van der Waals surface area contributed by atoms with Gasteiger partial charge in [0.1, 0.15) is 0 Å². The molecule has 2 heterocycles. The third-order valence-electron chi connectivity index (χ3n) is 1.43. The Kier molecular flexibility index (Phi) is 1.68. The topological polar surface area (TPSA) is 26.0 Å². The van der Waals surface area contributed by atoms with Gasteiger partial charge in [0.2, 0.25) is 0 Å². The molecule has 0 fully saturated rings. The molecular formula is C8H7NS2. The van der Waals surface area contributed by atoms with E-state index < -0.39 is 0 Å². The van der Waals surface area contributed by atoms with Crippen LogP contribution in [0.4, 0.5) is 5.00 Å². The second-order valence-corrected chi connectivity index (χ2v) is 4.11. The van der Waals surface area contributed by atoms with Crippen LogP contribution in [0.15, 0.2) is 29.0 Å². The van der Waals surface area contributed by atoms with Crippen LogP contribution in [0.25, 0.3) is 10.4 Å². The molecule has 0 aromatic carbocycles. The minimum atomic E-state index is 0.881. The average molecular weight is 181 g/mol. The standard InChI is InChI=1S/C8H7NS2/c9-8-2-1-7(11-8)6-3-4-10-5-6/h1-5H,9H2. The fourth-order valence-electron chi connectivity index (χ4n) is 0.913. The van der Waals surface area contributed by atoms with Gasteiger partial charge in [0.25, 0.3) is 0 Å². The number of hydrogen-bond donors (Lipinski definition) is 1. The molecule has 2 aromatic heterocycles. The van der Waals surface area contributed by atoms with Gasteiger partial charge in [-0.1, -0.05) is 0 Å². The molecule has 2 aromatic rings. The van der Waals surface area contributed by atoms with E-state index in [9.17, 15) is 0 Å². The molecule has 2 rings (SSSR count). The zero-order chi connectivity index (χ0) is 7.68. The van der Waals surface area contributed by atoms with Crippen molar-refractivity contribution in [2.75, 3.05) is 5.73 Å². The van der Waals surface area contributed by atoms with Crippen molar-refractivity contribution in [2.45, 2.75) is 0 Å². The van der Waals surface area contributed by atoms with Gasteiger partial charge in [-0.15, -0.1) is 11.3 Å². The lowest BCUT2D eigenvalue weighted by molar-refractivity contribution is 1.88. The third kappa shape index (κ3) is 1.29. The van der Waals surface area contributed by atoms with Crippen LogP contribution in [-0.2, 0) is 0 Å². The smallest absolute Gasteiger partial charge is 0.0862 e. The van der Waals surface area contributed by atoms with Crippen molar-refractivity contribution in [1.82, 2.24) is 0 Å². The molecule has 2 N–H and O–H groups in total. The average Bonchev–Trinajstić information content (AvgIpc) is 2.55. The minimum absolute atomic E-state index is 0.881. The van der Waals surface area contributed by atoms with Crippen LogP contribution in [-0.4, -0.2) is 0 Å². The molecule has 0 bridgehead atoms. The predicted molar refractivity (Wildman–Crippen MR) is 52.0 cm³/mol. The molecule has 0 aliphatic carbocycles. The largest absolute Gasteiger partial charge is 0.391 e. The number of rotatable bonds is 1. The Hall–Kier alpha value is -0.800. The fraction of sp³-hybridized carbons (Fsp3) is 0. The molecule has 0 aliphatic rings. The zero-order valence-corrected chi connectivity index (χ0v) is 7.41. The van der Waals surface area contributed by atoms with Crippen LogP contribution in [0, 0.1) is 0 Å². The van der Waals surface area contributed by atoms with E-state index in [4.69, 9.17) is 5.73 Å². The summed E-state index contributed by atoms with van der Waals surface area (Å²) in [5, 5.41) is 5.09. The van der Waals surface area contributed by atoms with Gasteiger partial charge in [0.15, 0.2) is 0 Å². The molecule has 0 saturated carbocycles. The Bertz CT molecular complexity index is 335. The molecule has 0 radical (unpaired) electrons. The van der Waals surface area contributed by atoms with Crippen LogP contribution < -0.4 is 5.73 Å². The van der Waals surface area contributed by atoms with E-state index in [2.05, 4.69) is 22.9 Å².